The molecule has 0 fully saturated rings. The smallest absolute Gasteiger partial charge is 0.253 e. The lowest BCUT2D eigenvalue weighted by molar-refractivity contribution is 0.0910. The Bertz CT molecular complexity index is 469. The standard InChI is InChI=1S/C15H24ClN3O/c1-6-7-17-13-8-11(12(16)9-18-13)14(20)19-10(2)15(3,4)5/h8-10H,6-7H2,1-5H3,(H,17,18)(H,19,20). The molecule has 0 aliphatic rings. The van der Waals surface area contributed by atoms with Gasteiger partial charge in [-0.1, -0.05) is 39.3 Å². The molecular weight excluding hydrogens is 274 g/mol. The summed E-state index contributed by atoms with van der Waals surface area (Å²) >= 11 is 6.07. The summed E-state index contributed by atoms with van der Waals surface area (Å²) in [6.07, 6.45) is 2.50. The highest BCUT2D eigenvalue weighted by atomic mass is 35.5. The van der Waals surface area contributed by atoms with Crippen LogP contribution in [0.3, 0.4) is 0 Å². The van der Waals surface area contributed by atoms with E-state index in [0.717, 1.165) is 13.0 Å². The van der Waals surface area contributed by atoms with Crippen molar-refractivity contribution in [3.63, 3.8) is 0 Å². The van der Waals surface area contributed by atoms with E-state index >= 15 is 0 Å². The number of pyridine rings is 1. The van der Waals surface area contributed by atoms with Crippen LogP contribution in [0, 0.1) is 5.41 Å². The first-order valence-electron chi connectivity index (χ1n) is 6.96. The second kappa shape index (κ2) is 6.93. The monoisotopic (exact) mass is 297 g/mol. The van der Waals surface area contributed by atoms with Crippen molar-refractivity contribution in [3.05, 3.63) is 22.8 Å². The lowest BCUT2D eigenvalue weighted by Crippen LogP contribution is -2.41. The van der Waals surface area contributed by atoms with Gasteiger partial charge in [-0.15, -0.1) is 0 Å². The molecule has 0 saturated carbocycles. The minimum Gasteiger partial charge on any atom is -0.370 e. The fourth-order valence-electron chi connectivity index (χ4n) is 1.45. The topological polar surface area (TPSA) is 54.0 Å². The van der Waals surface area contributed by atoms with Crippen molar-refractivity contribution in [1.82, 2.24) is 10.3 Å². The van der Waals surface area contributed by atoms with Gasteiger partial charge in [0.15, 0.2) is 0 Å². The van der Waals surface area contributed by atoms with Crippen LogP contribution in [0.1, 0.15) is 51.4 Å². The predicted octanol–water partition coefficient (Wildman–Crippen LogP) is 3.72. The van der Waals surface area contributed by atoms with Crippen LogP contribution >= 0.6 is 11.6 Å². The maximum atomic E-state index is 12.3. The van der Waals surface area contributed by atoms with Gasteiger partial charge in [-0.3, -0.25) is 4.79 Å². The van der Waals surface area contributed by atoms with Gasteiger partial charge in [0.2, 0.25) is 0 Å². The van der Waals surface area contributed by atoms with Crippen LogP contribution in [0.25, 0.3) is 0 Å². The summed E-state index contributed by atoms with van der Waals surface area (Å²) in [5.74, 6) is 0.504. The van der Waals surface area contributed by atoms with Gasteiger partial charge in [0.25, 0.3) is 5.91 Å². The fourth-order valence-corrected chi connectivity index (χ4v) is 1.64. The summed E-state index contributed by atoms with van der Waals surface area (Å²) < 4.78 is 0. The van der Waals surface area contributed by atoms with Crippen molar-refractivity contribution < 1.29 is 4.79 Å². The number of carbonyl (C=O) groups excluding carboxylic acids is 1. The van der Waals surface area contributed by atoms with Crippen LogP contribution in [0.4, 0.5) is 5.82 Å². The second-order valence-corrected chi connectivity index (χ2v) is 6.44. The first kappa shape index (κ1) is 16.8. The minimum atomic E-state index is -0.167. The maximum Gasteiger partial charge on any atom is 0.253 e. The third-order valence-corrected chi connectivity index (χ3v) is 3.60. The molecule has 112 valence electrons. The summed E-state index contributed by atoms with van der Waals surface area (Å²) in [7, 11) is 0. The zero-order valence-electron chi connectivity index (χ0n) is 12.9. The molecule has 0 aliphatic carbocycles. The van der Waals surface area contributed by atoms with Gasteiger partial charge in [-0.2, -0.15) is 0 Å². The molecule has 4 nitrogen and oxygen atoms in total. The van der Waals surface area contributed by atoms with Gasteiger partial charge in [0.1, 0.15) is 5.82 Å². The number of anilines is 1. The van der Waals surface area contributed by atoms with Crippen molar-refractivity contribution in [2.45, 2.75) is 47.1 Å². The van der Waals surface area contributed by atoms with E-state index in [1.807, 2.05) is 6.92 Å². The number of hydrogen-bond donors (Lipinski definition) is 2. The van der Waals surface area contributed by atoms with Crippen molar-refractivity contribution in [2.24, 2.45) is 5.41 Å². The fraction of sp³-hybridized carbons (Fsp3) is 0.600. The third kappa shape index (κ3) is 4.67. The van der Waals surface area contributed by atoms with E-state index in [1.54, 1.807) is 6.07 Å². The second-order valence-electron chi connectivity index (χ2n) is 6.04. The number of nitrogens with one attached hydrogen (secondary N) is 2. The van der Waals surface area contributed by atoms with Gasteiger partial charge in [0, 0.05) is 18.8 Å². The predicted molar refractivity (Wildman–Crippen MR) is 84.4 cm³/mol. The van der Waals surface area contributed by atoms with Crippen LogP contribution in [0.15, 0.2) is 12.3 Å². The van der Waals surface area contributed by atoms with E-state index in [4.69, 9.17) is 11.6 Å². The van der Waals surface area contributed by atoms with Gasteiger partial charge in [-0.05, 0) is 24.8 Å². The minimum absolute atomic E-state index is 0.00153. The Hall–Kier alpha value is -1.29. The number of halogens is 1. The molecule has 0 aliphatic heterocycles. The molecule has 0 aromatic carbocycles. The van der Waals surface area contributed by atoms with E-state index in [-0.39, 0.29) is 17.4 Å². The molecule has 2 N–H and O–H groups in total. The van der Waals surface area contributed by atoms with Crippen LogP contribution < -0.4 is 10.6 Å². The average molecular weight is 298 g/mol. The van der Waals surface area contributed by atoms with E-state index < -0.39 is 0 Å². The Morgan fingerprint density at radius 1 is 1.45 bits per heavy atom. The van der Waals surface area contributed by atoms with Gasteiger partial charge in [-0.25, -0.2) is 4.98 Å². The van der Waals surface area contributed by atoms with Crippen LogP contribution in [0.2, 0.25) is 5.02 Å². The summed E-state index contributed by atoms with van der Waals surface area (Å²) in [4.78, 5) is 16.5. The van der Waals surface area contributed by atoms with E-state index in [0.29, 0.717) is 16.4 Å². The van der Waals surface area contributed by atoms with Crippen molar-refractivity contribution in [3.8, 4) is 0 Å². The molecule has 1 aromatic heterocycles. The molecule has 0 saturated heterocycles. The third-order valence-electron chi connectivity index (χ3n) is 3.30. The van der Waals surface area contributed by atoms with E-state index in [9.17, 15) is 4.79 Å². The largest absolute Gasteiger partial charge is 0.370 e. The summed E-state index contributed by atoms with van der Waals surface area (Å²) in [5, 5.41) is 6.50. The molecule has 0 bridgehead atoms. The normalized spacial score (nSPS) is 12.9. The number of amides is 1. The molecule has 20 heavy (non-hydrogen) atoms. The SMILES string of the molecule is CCCNc1cc(C(=O)NC(C)C(C)(C)C)c(Cl)cn1. The highest BCUT2D eigenvalue weighted by Gasteiger charge is 2.23. The molecule has 1 aromatic rings. The van der Waals surface area contributed by atoms with Crippen LogP contribution in [-0.4, -0.2) is 23.5 Å². The zero-order chi connectivity index (χ0) is 15.3. The van der Waals surface area contributed by atoms with Gasteiger partial charge in [0.05, 0.1) is 10.6 Å². The van der Waals surface area contributed by atoms with E-state index in [1.165, 1.54) is 6.20 Å². The number of nitrogens with zero attached hydrogens (tertiary/aromatic N) is 1. The first-order valence-corrected chi connectivity index (χ1v) is 7.33. The molecular formula is C15H24ClN3O. The Kier molecular flexibility index (Phi) is 5.81. The molecule has 1 atom stereocenters. The Morgan fingerprint density at radius 2 is 2.10 bits per heavy atom. The number of aromatic nitrogens is 1. The quantitative estimate of drug-likeness (QED) is 0.871. The number of rotatable bonds is 5. The van der Waals surface area contributed by atoms with Crippen LogP contribution in [-0.2, 0) is 0 Å². The highest BCUT2D eigenvalue weighted by Crippen LogP contribution is 2.21. The number of carbonyl (C=O) groups is 1. The van der Waals surface area contributed by atoms with Gasteiger partial charge < -0.3 is 10.6 Å². The Morgan fingerprint density at radius 3 is 2.65 bits per heavy atom. The molecule has 5 heteroatoms. The van der Waals surface area contributed by atoms with Crippen LogP contribution in [0.5, 0.6) is 0 Å². The van der Waals surface area contributed by atoms with Crippen molar-refractivity contribution in [2.75, 3.05) is 11.9 Å². The average Bonchev–Trinajstić information content (AvgIpc) is 2.36. The lowest BCUT2D eigenvalue weighted by atomic mass is 9.88. The zero-order valence-corrected chi connectivity index (χ0v) is 13.6. The molecule has 0 radical (unpaired) electrons. The molecule has 1 unspecified atom stereocenters. The maximum absolute atomic E-state index is 12.3. The van der Waals surface area contributed by atoms with E-state index in [2.05, 4.69) is 43.3 Å². The molecule has 1 rings (SSSR count). The first-order chi connectivity index (χ1) is 9.25. The summed E-state index contributed by atoms with van der Waals surface area (Å²) in [6.45, 7) is 11.1. The Labute approximate surface area is 126 Å². The van der Waals surface area contributed by atoms with Crippen molar-refractivity contribution in [1.29, 1.82) is 0 Å². The van der Waals surface area contributed by atoms with Crippen molar-refractivity contribution >= 4 is 23.3 Å². The number of hydrogen-bond acceptors (Lipinski definition) is 3. The highest BCUT2D eigenvalue weighted by molar-refractivity contribution is 6.33. The molecule has 1 heterocycles. The lowest BCUT2D eigenvalue weighted by Gasteiger charge is -2.28. The molecule has 0 spiro atoms. The Balaban J connectivity index is 2.86. The van der Waals surface area contributed by atoms with Gasteiger partial charge >= 0.3 is 0 Å². The molecule has 1 amide bonds. The summed E-state index contributed by atoms with van der Waals surface area (Å²) in [5.41, 5.74) is 0.453. The summed E-state index contributed by atoms with van der Waals surface area (Å²) in [6, 6.07) is 1.74.